The molecule has 0 aliphatic heterocycles. The van der Waals surface area contributed by atoms with Crippen LogP contribution in [0, 0.1) is 0 Å². The van der Waals surface area contributed by atoms with Crippen LogP contribution >= 0.6 is 11.6 Å². The number of nitrogens with one attached hydrogen (secondary N) is 1. The zero-order valence-corrected chi connectivity index (χ0v) is 21.8. The van der Waals surface area contributed by atoms with Crippen LogP contribution in [0.4, 0.5) is 5.69 Å². The number of sulfonamides is 1. The molecule has 1 N–H and O–H groups in total. The molecule has 186 valence electrons. The molecule has 35 heavy (non-hydrogen) atoms. The van der Waals surface area contributed by atoms with Gasteiger partial charge in [0, 0.05) is 23.0 Å². The molecular weight excluding hydrogens is 486 g/mol. The van der Waals surface area contributed by atoms with E-state index in [1.165, 1.54) is 4.90 Å². The minimum absolute atomic E-state index is 0.0539. The molecule has 0 saturated heterocycles. The molecule has 9 heteroatoms. The number of hydrogen-bond donors (Lipinski definition) is 1. The van der Waals surface area contributed by atoms with Gasteiger partial charge in [-0.3, -0.25) is 13.9 Å². The van der Waals surface area contributed by atoms with Gasteiger partial charge in [0.05, 0.1) is 11.9 Å². The zero-order valence-electron chi connectivity index (χ0n) is 20.2. The first kappa shape index (κ1) is 26.5. The van der Waals surface area contributed by atoms with E-state index in [4.69, 9.17) is 11.6 Å². The van der Waals surface area contributed by atoms with Crippen molar-refractivity contribution in [3.8, 4) is 0 Å². The molecule has 3 aromatic carbocycles. The Morgan fingerprint density at radius 3 is 2.23 bits per heavy atom. The van der Waals surface area contributed by atoms with Crippen LogP contribution in [0.5, 0.6) is 0 Å². The third-order valence-electron chi connectivity index (χ3n) is 5.61. The number of nitrogens with zero attached hydrogens (tertiary/aromatic N) is 2. The summed E-state index contributed by atoms with van der Waals surface area (Å²) in [6.07, 6.45) is 1.06. The predicted octanol–water partition coefficient (Wildman–Crippen LogP) is 4.20. The summed E-state index contributed by atoms with van der Waals surface area (Å²) < 4.78 is 26.8. The highest BCUT2D eigenvalue weighted by Crippen LogP contribution is 2.29. The molecule has 7 nitrogen and oxygen atoms in total. The zero-order chi connectivity index (χ0) is 25.8. The third kappa shape index (κ3) is 6.52. The Bertz CT molecular complexity index is 1320. The summed E-state index contributed by atoms with van der Waals surface area (Å²) in [6, 6.07) is 18.7. The summed E-state index contributed by atoms with van der Waals surface area (Å²) in [6.45, 7) is 4.87. The van der Waals surface area contributed by atoms with Gasteiger partial charge in [-0.05, 0) is 43.9 Å². The monoisotopic (exact) mass is 515 g/mol. The summed E-state index contributed by atoms with van der Waals surface area (Å²) in [5.74, 6) is -0.855. The molecule has 0 heterocycles. The van der Waals surface area contributed by atoms with E-state index in [2.05, 4.69) is 5.32 Å². The molecule has 3 rings (SSSR count). The van der Waals surface area contributed by atoms with Crippen LogP contribution in [0.3, 0.4) is 0 Å². The average Bonchev–Trinajstić information content (AvgIpc) is 2.80. The molecule has 1 unspecified atom stereocenters. The molecule has 0 fully saturated rings. The number of anilines is 1. The molecule has 0 aliphatic rings. The number of hydrogen-bond acceptors (Lipinski definition) is 4. The van der Waals surface area contributed by atoms with E-state index in [-0.39, 0.29) is 18.5 Å². The Morgan fingerprint density at radius 2 is 1.57 bits per heavy atom. The van der Waals surface area contributed by atoms with Crippen LogP contribution in [-0.2, 0) is 26.2 Å². The Labute approximate surface area is 211 Å². The highest BCUT2D eigenvalue weighted by atomic mass is 35.5. The van der Waals surface area contributed by atoms with Gasteiger partial charge in [0.1, 0.15) is 12.6 Å². The van der Waals surface area contributed by atoms with Crippen molar-refractivity contribution in [2.24, 2.45) is 0 Å². The van der Waals surface area contributed by atoms with Gasteiger partial charge in [-0.15, -0.1) is 0 Å². The second-order valence-corrected chi connectivity index (χ2v) is 11.0. The number of carbonyl (C=O) groups is 2. The van der Waals surface area contributed by atoms with Crippen LogP contribution in [-0.4, -0.2) is 50.0 Å². The van der Waals surface area contributed by atoms with Crippen LogP contribution < -0.4 is 9.62 Å². The minimum atomic E-state index is -3.82. The maximum Gasteiger partial charge on any atom is 0.244 e. The fourth-order valence-corrected chi connectivity index (χ4v) is 4.88. The van der Waals surface area contributed by atoms with Crippen molar-refractivity contribution in [3.63, 3.8) is 0 Å². The van der Waals surface area contributed by atoms with Gasteiger partial charge >= 0.3 is 0 Å². The largest absolute Gasteiger partial charge is 0.352 e. The lowest BCUT2D eigenvalue weighted by atomic mass is 10.1. The molecule has 0 radical (unpaired) electrons. The fraction of sp³-hybridized carbons (Fsp3) is 0.308. The Hall–Kier alpha value is -3.10. The lowest BCUT2D eigenvalue weighted by molar-refractivity contribution is -0.139. The lowest BCUT2D eigenvalue weighted by Crippen LogP contribution is -2.52. The predicted molar refractivity (Wildman–Crippen MR) is 141 cm³/mol. The first-order chi connectivity index (χ1) is 16.5. The normalized spacial score (nSPS) is 12.4. The topological polar surface area (TPSA) is 86.8 Å². The number of benzene rings is 3. The van der Waals surface area contributed by atoms with E-state index in [9.17, 15) is 18.0 Å². The third-order valence-corrected chi connectivity index (χ3v) is 7.11. The second kappa shape index (κ2) is 11.1. The van der Waals surface area contributed by atoms with Crippen molar-refractivity contribution >= 4 is 49.9 Å². The number of rotatable bonds is 9. The van der Waals surface area contributed by atoms with Gasteiger partial charge in [-0.2, -0.15) is 0 Å². The lowest BCUT2D eigenvalue weighted by Gasteiger charge is -2.32. The summed E-state index contributed by atoms with van der Waals surface area (Å²) in [7, 11) is -3.82. The van der Waals surface area contributed by atoms with E-state index in [0.29, 0.717) is 21.7 Å². The number of fused-ring (bicyclic) bond motifs is 1. The second-order valence-electron chi connectivity index (χ2n) is 8.72. The minimum Gasteiger partial charge on any atom is -0.352 e. The van der Waals surface area contributed by atoms with Gasteiger partial charge in [-0.25, -0.2) is 8.42 Å². The molecule has 2 amide bonds. The van der Waals surface area contributed by atoms with Gasteiger partial charge in [0.15, 0.2) is 0 Å². The SMILES string of the molecule is CC(C)NC(=O)C(C)N(Cc1ccccc1Cl)C(=O)CN(c1cccc2ccccc12)S(C)(=O)=O. The first-order valence-electron chi connectivity index (χ1n) is 11.3. The summed E-state index contributed by atoms with van der Waals surface area (Å²) >= 11 is 6.34. The molecule has 0 saturated carbocycles. The van der Waals surface area contributed by atoms with Crippen molar-refractivity contribution in [2.75, 3.05) is 17.1 Å². The molecule has 0 aromatic heterocycles. The first-order valence-corrected chi connectivity index (χ1v) is 13.5. The number of amides is 2. The molecular formula is C26H30ClN3O4S. The van der Waals surface area contributed by atoms with E-state index in [1.807, 2.05) is 44.2 Å². The van der Waals surface area contributed by atoms with Crippen molar-refractivity contribution < 1.29 is 18.0 Å². The molecule has 3 aromatic rings. The molecule has 0 bridgehead atoms. The quantitative estimate of drug-likeness (QED) is 0.462. The summed E-state index contributed by atoms with van der Waals surface area (Å²) in [5.41, 5.74) is 1.05. The fourth-order valence-electron chi connectivity index (χ4n) is 3.82. The average molecular weight is 516 g/mol. The Balaban J connectivity index is 2.01. The van der Waals surface area contributed by atoms with Gasteiger partial charge in [0.2, 0.25) is 21.8 Å². The Kier molecular flexibility index (Phi) is 8.40. The molecule has 0 aliphatic carbocycles. The highest BCUT2D eigenvalue weighted by molar-refractivity contribution is 7.92. The molecule has 0 spiro atoms. The molecule has 1 atom stereocenters. The van der Waals surface area contributed by atoms with Gasteiger partial charge in [-0.1, -0.05) is 66.2 Å². The van der Waals surface area contributed by atoms with Gasteiger partial charge in [0.25, 0.3) is 0 Å². The Morgan fingerprint density at radius 1 is 0.943 bits per heavy atom. The van der Waals surface area contributed by atoms with Gasteiger partial charge < -0.3 is 10.2 Å². The van der Waals surface area contributed by atoms with Crippen LogP contribution in [0.25, 0.3) is 10.8 Å². The van der Waals surface area contributed by atoms with E-state index >= 15 is 0 Å². The standard InChI is InChI=1S/C26H30ClN3O4S/c1-18(2)28-26(32)19(3)29(16-21-11-6-8-14-23(21)27)25(31)17-30(35(4,33)34)24-15-9-12-20-10-5-7-13-22(20)24/h5-15,18-19H,16-17H2,1-4H3,(H,28,32). The van der Waals surface area contributed by atoms with E-state index in [0.717, 1.165) is 15.9 Å². The maximum absolute atomic E-state index is 13.7. The van der Waals surface area contributed by atoms with Crippen LogP contribution in [0.1, 0.15) is 26.3 Å². The van der Waals surface area contributed by atoms with Crippen molar-refractivity contribution in [2.45, 2.75) is 39.4 Å². The summed E-state index contributed by atoms with van der Waals surface area (Å²) in [4.78, 5) is 27.8. The van der Waals surface area contributed by atoms with Crippen molar-refractivity contribution in [1.82, 2.24) is 10.2 Å². The smallest absolute Gasteiger partial charge is 0.244 e. The van der Waals surface area contributed by atoms with Crippen molar-refractivity contribution in [1.29, 1.82) is 0 Å². The maximum atomic E-state index is 13.7. The summed E-state index contributed by atoms with van der Waals surface area (Å²) in [5, 5.41) is 4.83. The number of halogens is 1. The van der Waals surface area contributed by atoms with E-state index in [1.54, 1.807) is 43.3 Å². The van der Waals surface area contributed by atoms with E-state index < -0.39 is 28.5 Å². The van der Waals surface area contributed by atoms with Crippen molar-refractivity contribution in [3.05, 3.63) is 77.3 Å². The van der Waals surface area contributed by atoms with Crippen LogP contribution in [0.15, 0.2) is 66.7 Å². The number of carbonyl (C=O) groups excluding carboxylic acids is 2. The highest BCUT2D eigenvalue weighted by Gasteiger charge is 2.31. The van der Waals surface area contributed by atoms with Crippen LogP contribution in [0.2, 0.25) is 5.02 Å².